The third kappa shape index (κ3) is 4.39. The van der Waals surface area contributed by atoms with E-state index in [1.54, 1.807) is 30.3 Å². The molecule has 2 aliphatic rings. The molecule has 3 unspecified atom stereocenters. The van der Waals surface area contributed by atoms with E-state index in [1.807, 2.05) is 0 Å². The third-order valence-electron chi connectivity index (χ3n) is 5.13. The summed E-state index contributed by atoms with van der Waals surface area (Å²) in [6, 6.07) is 8.09. The number of thiazole rings is 1. The number of halogens is 3. The normalized spacial score (nSPS) is 25.2. The lowest BCUT2D eigenvalue weighted by molar-refractivity contribution is -0.249. The summed E-state index contributed by atoms with van der Waals surface area (Å²) in [6.45, 7) is -0.624. The number of hydrogen-bond donors (Lipinski definition) is 3. The summed E-state index contributed by atoms with van der Waals surface area (Å²) in [7, 11) is 0. The van der Waals surface area contributed by atoms with E-state index in [-0.39, 0.29) is 23.5 Å². The Bertz CT molecular complexity index is 1050. The van der Waals surface area contributed by atoms with Crippen molar-refractivity contribution in [2.45, 2.75) is 24.2 Å². The molecule has 3 heterocycles. The number of carbonyl (C=O) groups is 2. The van der Waals surface area contributed by atoms with Gasteiger partial charge in [-0.05, 0) is 18.6 Å². The van der Waals surface area contributed by atoms with Crippen LogP contribution in [-0.2, 0) is 15.0 Å². The monoisotopic (exact) mass is 470 g/mol. The summed E-state index contributed by atoms with van der Waals surface area (Å²) in [5.41, 5.74) is -1.03. The highest BCUT2D eigenvalue weighted by Crippen LogP contribution is 2.47. The number of aliphatic imine (C=N–C) groups is 1. The lowest BCUT2D eigenvalue weighted by Gasteiger charge is -2.45. The first kappa shape index (κ1) is 22.0. The molecule has 1 aromatic carbocycles. The van der Waals surface area contributed by atoms with Gasteiger partial charge in [0.25, 0.3) is 11.9 Å². The van der Waals surface area contributed by atoms with Crippen molar-refractivity contribution >= 4 is 35.2 Å². The van der Waals surface area contributed by atoms with Crippen LogP contribution >= 0.6 is 11.3 Å². The molecule has 2 aromatic rings. The van der Waals surface area contributed by atoms with E-state index < -0.39 is 48.8 Å². The van der Waals surface area contributed by atoms with Gasteiger partial charge in [0.1, 0.15) is 16.4 Å². The summed E-state index contributed by atoms with van der Waals surface area (Å²) in [4.78, 5) is 32.0. The Kier molecular flexibility index (Phi) is 5.77. The number of aromatic nitrogens is 1. The fraction of sp³-hybridized carbons (Fsp3) is 0.368. The average molecular weight is 470 g/mol. The Hall–Kier alpha value is -3.19. The summed E-state index contributed by atoms with van der Waals surface area (Å²) in [5, 5.41) is 15.2. The highest BCUT2D eigenvalue weighted by molar-refractivity contribution is 7.10. The van der Waals surface area contributed by atoms with Gasteiger partial charge in [-0.25, -0.2) is 14.8 Å². The van der Waals surface area contributed by atoms with Gasteiger partial charge in [0.2, 0.25) is 0 Å². The van der Waals surface area contributed by atoms with Gasteiger partial charge < -0.3 is 14.6 Å². The predicted octanol–water partition coefficient (Wildman–Crippen LogP) is 3.21. The molecular weight excluding hydrogens is 453 g/mol. The molecular formula is C19H17F3N4O5S. The first-order chi connectivity index (χ1) is 15.2. The third-order valence-corrected chi connectivity index (χ3v) is 6.14. The van der Waals surface area contributed by atoms with E-state index >= 15 is 0 Å². The number of rotatable bonds is 3. The van der Waals surface area contributed by atoms with E-state index in [2.05, 4.69) is 20.6 Å². The highest BCUT2D eigenvalue weighted by Gasteiger charge is 2.56. The smallest absolute Gasteiger partial charge is 0.414 e. The second kappa shape index (κ2) is 8.39. The average Bonchev–Trinajstić information content (AvgIpc) is 3.21. The molecule has 1 saturated heterocycles. The van der Waals surface area contributed by atoms with Gasteiger partial charge in [-0.2, -0.15) is 13.2 Å². The summed E-state index contributed by atoms with van der Waals surface area (Å²) in [6.07, 6.45) is -8.30. The molecule has 2 aliphatic heterocycles. The van der Waals surface area contributed by atoms with Crippen LogP contribution in [-0.4, -0.2) is 53.6 Å². The number of amidine groups is 1. The second-order valence-corrected chi connectivity index (χ2v) is 8.07. The van der Waals surface area contributed by atoms with Crippen LogP contribution in [0.15, 0.2) is 40.7 Å². The topological polar surface area (TPSA) is 122 Å². The van der Waals surface area contributed by atoms with Gasteiger partial charge in [0.15, 0.2) is 6.10 Å². The van der Waals surface area contributed by atoms with Gasteiger partial charge in [-0.3, -0.25) is 15.4 Å². The number of anilines is 1. The molecule has 0 spiro atoms. The minimum Gasteiger partial charge on any atom is -0.465 e. The minimum atomic E-state index is -4.56. The quantitative estimate of drug-likeness (QED) is 0.633. The maximum Gasteiger partial charge on any atom is 0.414 e. The fourth-order valence-corrected chi connectivity index (χ4v) is 4.53. The Labute approximate surface area is 183 Å². The van der Waals surface area contributed by atoms with E-state index in [9.17, 15) is 22.8 Å². The van der Waals surface area contributed by atoms with Gasteiger partial charge >= 0.3 is 12.3 Å². The van der Waals surface area contributed by atoms with E-state index in [4.69, 9.17) is 14.6 Å². The number of carboxylic acid groups (broad SMARTS) is 1. The van der Waals surface area contributed by atoms with E-state index in [0.29, 0.717) is 5.56 Å². The van der Waals surface area contributed by atoms with Crippen molar-refractivity contribution in [3.05, 3.63) is 46.3 Å². The first-order valence-electron chi connectivity index (χ1n) is 9.41. The van der Waals surface area contributed by atoms with Crippen molar-refractivity contribution in [2.24, 2.45) is 10.9 Å². The van der Waals surface area contributed by atoms with Crippen LogP contribution in [0.1, 0.15) is 21.8 Å². The van der Waals surface area contributed by atoms with Crippen LogP contribution in [0.25, 0.3) is 0 Å². The zero-order chi connectivity index (χ0) is 22.9. The van der Waals surface area contributed by atoms with E-state index in [0.717, 1.165) is 11.3 Å². The number of nitrogens with zero attached hydrogens (tertiary/aromatic N) is 2. The molecule has 0 radical (unpaired) electrons. The van der Waals surface area contributed by atoms with Crippen molar-refractivity contribution in [3.8, 4) is 0 Å². The number of benzene rings is 1. The summed E-state index contributed by atoms with van der Waals surface area (Å²) < 4.78 is 50.4. The molecule has 1 aromatic heterocycles. The number of carbonyl (C=O) groups excluding carboxylic acids is 1. The van der Waals surface area contributed by atoms with Gasteiger partial charge in [0.05, 0.1) is 13.2 Å². The number of hydrogen-bond acceptors (Lipinski definition) is 7. The standard InChI is InChI=1S/C19H17F3N4O5S/c20-19(21,22)12-6-11-7-30-16(25-14(27)10-4-2-1-3-5-10)26-18(11,9-31-12)15-23-13(8-32-15)24-17(28)29/h1-5,8,11-12,24H,6-7,9H2,(H,28,29)(H,25,26,27). The van der Waals surface area contributed by atoms with E-state index in [1.165, 1.54) is 5.38 Å². The molecule has 9 nitrogen and oxygen atoms in total. The molecule has 0 aliphatic carbocycles. The van der Waals surface area contributed by atoms with Crippen molar-refractivity contribution in [1.82, 2.24) is 10.3 Å². The highest BCUT2D eigenvalue weighted by atomic mass is 32.1. The van der Waals surface area contributed by atoms with Crippen LogP contribution in [0.4, 0.5) is 23.8 Å². The number of alkyl halides is 3. The van der Waals surface area contributed by atoms with Crippen LogP contribution in [0.3, 0.4) is 0 Å². The molecule has 0 bridgehead atoms. The fourth-order valence-electron chi connectivity index (χ4n) is 3.56. The van der Waals surface area contributed by atoms with Crippen LogP contribution < -0.4 is 10.6 Å². The maximum atomic E-state index is 13.3. The van der Waals surface area contributed by atoms with Crippen molar-refractivity contribution in [1.29, 1.82) is 0 Å². The molecule has 32 heavy (non-hydrogen) atoms. The zero-order valence-corrected chi connectivity index (χ0v) is 17.1. The number of amides is 2. The molecule has 4 rings (SSSR count). The van der Waals surface area contributed by atoms with Crippen LogP contribution in [0.5, 0.6) is 0 Å². The molecule has 13 heteroatoms. The first-order valence-corrected chi connectivity index (χ1v) is 10.3. The Morgan fingerprint density at radius 3 is 2.66 bits per heavy atom. The van der Waals surface area contributed by atoms with Gasteiger partial charge in [-0.1, -0.05) is 18.2 Å². The van der Waals surface area contributed by atoms with Crippen LogP contribution in [0, 0.1) is 5.92 Å². The number of nitrogens with one attached hydrogen (secondary N) is 2. The Morgan fingerprint density at radius 1 is 1.22 bits per heavy atom. The Morgan fingerprint density at radius 2 is 1.97 bits per heavy atom. The minimum absolute atomic E-state index is 0.0140. The molecule has 2 amide bonds. The Balaban J connectivity index is 1.66. The van der Waals surface area contributed by atoms with Crippen molar-refractivity contribution in [3.63, 3.8) is 0 Å². The molecule has 0 saturated carbocycles. The van der Waals surface area contributed by atoms with Crippen molar-refractivity contribution < 1.29 is 37.3 Å². The predicted molar refractivity (Wildman–Crippen MR) is 107 cm³/mol. The zero-order valence-electron chi connectivity index (χ0n) is 16.3. The SMILES string of the molecule is O=C(O)Nc1csc(C23COC(C(F)(F)F)CC2COC(NC(=O)c2ccccc2)=N3)n1. The number of fused-ring (bicyclic) bond motifs is 1. The summed E-state index contributed by atoms with van der Waals surface area (Å²) >= 11 is 1.03. The lowest BCUT2D eigenvalue weighted by Crippen LogP contribution is -2.55. The van der Waals surface area contributed by atoms with Gasteiger partial charge in [-0.15, -0.1) is 11.3 Å². The second-order valence-electron chi connectivity index (χ2n) is 7.21. The molecule has 170 valence electrons. The molecule has 1 fully saturated rings. The van der Waals surface area contributed by atoms with Crippen molar-refractivity contribution in [2.75, 3.05) is 18.5 Å². The largest absolute Gasteiger partial charge is 0.465 e. The maximum absolute atomic E-state index is 13.3. The number of ether oxygens (including phenoxy) is 2. The summed E-state index contributed by atoms with van der Waals surface area (Å²) in [5.74, 6) is -1.25. The lowest BCUT2D eigenvalue weighted by atomic mass is 9.79. The molecule has 3 atom stereocenters. The van der Waals surface area contributed by atoms with Gasteiger partial charge in [0, 0.05) is 16.9 Å². The molecule has 3 N–H and O–H groups in total. The van der Waals surface area contributed by atoms with Crippen LogP contribution in [0.2, 0.25) is 0 Å².